The van der Waals surface area contributed by atoms with Crippen molar-refractivity contribution in [1.29, 1.82) is 0 Å². The molecule has 0 spiro atoms. The number of hydrogen-bond acceptors (Lipinski definition) is 3. The van der Waals surface area contributed by atoms with Crippen LogP contribution in [0.4, 0.5) is 13.2 Å². The van der Waals surface area contributed by atoms with Crippen LogP contribution >= 0.6 is 11.3 Å². The molecule has 0 saturated carbocycles. The van der Waals surface area contributed by atoms with Crippen molar-refractivity contribution in [3.8, 4) is 39.1 Å². The third-order valence-corrected chi connectivity index (χ3v) is 8.59. The highest BCUT2D eigenvalue weighted by atomic mass is 32.2. The first-order valence-corrected chi connectivity index (χ1v) is 13.1. The number of fused-ring (bicyclic) bond motifs is 6. The van der Waals surface area contributed by atoms with Gasteiger partial charge < -0.3 is 4.18 Å². The van der Waals surface area contributed by atoms with E-state index in [1.54, 1.807) is 6.07 Å². The van der Waals surface area contributed by atoms with Crippen molar-refractivity contribution >= 4 is 53.4 Å². The van der Waals surface area contributed by atoms with Crippen LogP contribution < -0.4 is 4.18 Å². The first-order valence-electron chi connectivity index (χ1n) is 11.2. The average molecular weight is 517 g/mol. The number of hydrogen-bond donors (Lipinski definition) is 0. The van der Waals surface area contributed by atoms with Gasteiger partial charge in [0.1, 0.15) is 5.75 Å². The smallest absolute Gasteiger partial charge is 0.394 e. The average Bonchev–Trinajstić information content (AvgIpc) is 3.41. The Morgan fingerprint density at radius 3 is 2.03 bits per heavy atom. The van der Waals surface area contributed by atoms with Gasteiger partial charge in [0.25, 0.3) is 0 Å². The van der Waals surface area contributed by atoms with Crippen molar-refractivity contribution in [3.63, 3.8) is 0 Å². The maximum atomic E-state index is 12.7. The minimum atomic E-state index is -4.93. The van der Waals surface area contributed by atoms with Crippen LogP contribution in [0.15, 0.2) is 91.0 Å². The second-order valence-electron chi connectivity index (χ2n) is 8.64. The van der Waals surface area contributed by atoms with Crippen molar-refractivity contribution < 1.29 is 21.6 Å². The molecule has 0 N–H and O–H groups in total. The van der Waals surface area contributed by atoms with Gasteiger partial charge in [0.05, 0.1) is 0 Å². The predicted octanol–water partition coefficient (Wildman–Crippen LogP) is 9.08. The fourth-order valence-electron chi connectivity index (χ4n) is 5.22. The van der Waals surface area contributed by atoms with Crippen molar-refractivity contribution in [2.45, 2.75) is 5.51 Å². The molecule has 0 saturated heterocycles. The van der Waals surface area contributed by atoms with E-state index >= 15 is 0 Å². The molecule has 2 nitrogen and oxygen atoms in total. The van der Waals surface area contributed by atoms with Gasteiger partial charge in [-0.1, -0.05) is 72.8 Å². The molecule has 1 aliphatic carbocycles. The molecule has 1 heterocycles. The summed E-state index contributed by atoms with van der Waals surface area (Å²) in [6.07, 6.45) is 0. The SMILES string of the molecule is O=S(Oc1ccc2c(c1)sc1c(-c3ccc4c5c(cccc35)-c3ccccc3-4)cccc12)C(F)(F)F. The molecule has 7 heteroatoms. The van der Waals surface area contributed by atoms with E-state index in [0.717, 1.165) is 36.7 Å². The summed E-state index contributed by atoms with van der Waals surface area (Å²) < 4.78 is 56.0. The van der Waals surface area contributed by atoms with Gasteiger partial charge in [-0.3, -0.25) is 0 Å². The lowest BCUT2D eigenvalue weighted by atomic mass is 9.93. The number of benzene rings is 5. The fourth-order valence-corrected chi connectivity index (χ4v) is 6.85. The molecule has 0 bridgehead atoms. The Hall–Kier alpha value is -3.68. The number of alkyl halides is 3. The summed E-state index contributed by atoms with van der Waals surface area (Å²) in [7, 11) is 0. The third-order valence-electron chi connectivity index (χ3n) is 6.67. The van der Waals surface area contributed by atoms with E-state index in [4.69, 9.17) is 0 Å². The first kappa shape index (κ1) is 21.6. The molecule has 5 aromatic carbocycles. The minimum absolute atomic E-state index is 0.0747. The van der Waals surface area contributed by atoms with Crippen LogP contribution in [-0.4, -0.2) is 9.72 Å². The normalized spacial score (nSPS) is 13.4. The molecule has 6 aromatic rings. The maximum Gasteiger partial charge on any atom is 0.508 e. The molecule has 1 atom stereocenters. The summed E-state index contributed by atoms with van der Waals surface area (Å²) in [5.74, 6) is -0.0747. The van der Waals surface area contributed by atoms with E-state index in [2.05, 4.69) is 64.8 Å². The highest BCUT2D eigenvalue weighted by Gasteiger charge is 2.40. The van der Waals surface area contributed by atoms with Gasteiger partial charge in [-0.25, -0.2) is 4.21 Å². The zero-order valence-corrected chi connectivity index (χ0v) is 20.1. The summed E-state index contributed by atoms with van der Waals surface area (Å²) in [6.45, 7) is 0. The van der Waals surface area contributed by atoms with Crippen LogP contribution in [0.1, 0.15) is 0 Å². The molecule has 1 aliphatic rings. The molecule has 0 fully saturated rings. The lowest BCUT2D eigenvalue weighted by Gasteiger charge is -2.10. The molecule has 0 aliphatic heterocycles. The van der Waals surface area contributed by atoms with Gasteiger partial charge in [-0.2, -0.15) is 13.2 Å². The molecule has 36 heavy (non-hydrogen) atoms. The second-order valence-corrected chi connectivity index (χ2v) is 10.8. The summed E-state index contributed by atoms with van der Waals surface area (Å²) >= 11 is -1.92. The van der Waals surface area contributed by atoms with Crippen LogP contribution in [0.25, 0.3) is 64.3 Å². The summed E-state index contributed by atoms with van der Waals surface area (Å²) in [5, 5.41) is 4.33. The van der Waals surface area contributed by atoms with Crippen molar-refractivity contribution in [1.82, 2.24) is 0 Å². The van der Waals surface area contributed by atoms with Crippen molar-refractivity contribution in [3.05, 3.63) is 91.0 Å². The second kappa shape index (κ2) is 7.66. The fraction of sp³-hybridized carbons (Fsp3) is 0.0345. The van der Waals surface area contributed by atoms with E-state index in [1.165, 1.54) is 51.1 Å². The molecule has 7 rings (SSSR count). The van der Waals surface area contributed by atoms with Crippen LogP contribution in [-0.2, 0) is 11.1 Å². The summed E-state index contributed by atoms with van der Waals surface area (Å²) in [5.41, 5.74) is 2.16. The summed E-state index contributed by atoms with van der Waals surface area (Å²) in [6, 6.07) is 29.9. The topological polar surface area (TPSA) is 26.3 Å². The van der Waals surface area contributed by atoms with E-state index in [1.807, 2.05) is 12.1 Å². The Morgan fingerprint density at radius 1 is 0.639 bits per heavy atom. The lowest BCUT2D eigenvalue weighted by Crippen LogP contribution is -2.20. The van der Waals surface area contributed by atoms with Crippen LogP contribution in [0.2, 0.25) is 0 Å². The number of thiophene rings is 1. The maximum absolute atomic E-state index is 12.7. The zero-order valence-electron chi connectivity index (χ0n) is 18.4. The Balaban J connectivity index is 1.42. The van der Waals surface area contributed by atoms with Gasteiger partial charge in [-0.05, 0) is 56.8 Å². The minimum Gasteiger partial charge on any atom is -0.394 e. The van der Waals surface area contributed by atoms with Crippen LogP contribution in [0.3, 0.4) is 0 Å². The zero-order chi connectivity index (χ0) is 24.6. The van der Waals surface area contributed by atoms with Gasteiger partial charge in [0.15, 0.2) is 0 Å². The molecular weight excluding hydrogens is 501 g/mol. The number of rotatable bonds is 3. The van der Waals surface area contributed by atoms with Gasteiger partial charge in [0.2, 0.25) is 0 Å². The quantitative estimate of drug-likeness (QED) is 0.234. The Morgan fingerprint density at radius 2 is 1.28 bits per heavy atom. The lowest BCUT2D eigenvalue weighted by molar-refractivity contribution is -0.0437. The highest BCUT2D eigenvalue weighted by Crippen LogP contribution is 2.50. The molecule has 0 radical (unpaired) electrons. The van der Waals surface area contributed by atoms with Gasteiger partial charge >= 0.3 is 16.6 Å². The molecular formula is C29H15F3O2S2. The van der Waals surface area contributed by atoms with E-state index in [9.17, 15) is 17.4 Å². The Bertz CT molecular complexity index is 1860. The van der Waals surface area contributed by atoms with Crippen molar-refractivity contribution in [2.24, 2.45) is 0 Å². The number of halogens is 3. The van der Waals surface area contributed by atoms with E-state index in [-0.39, 0.29) is 5.75 Å². The van der Waals surface area contributed by atoms with Crippen molar-refractivity contribution in [2.75, 3.05) is 0 Å². The van der Waals surface area contributed by atoms with E-state index < -0.39 is 16.6 Å². The van der Waals surface area contributed by atoms with Gasteiger partial charge in [0, 0.05) is 25.7 Å². The summed E-state index contributed by atoms with van der Waals surface area (Å²) in [4.78, 5) is 0. The first-order chi connectivity index (χ1) is 17.4. The highest BCUT2D eigenvalue weighted by molar-refractivity contribution is 7.81. The molecule has 0 amide bonds. The van der Waals surface area contributed by atoms with Gasteiger partial charge in [-0.15, -0.1) is 11.3 Å². The van der Waals surface area contributed by atoms with E-state index in [0.29, 0.717) is 0 Å². The van der Waals surface area contributed by atoms with Crippen LogP contribution in [0.5, 0.6) is 5.75 Å². The largest absolute Gasteiger partial charge is 0.508 e. The molecule has 1 aromatic heterocycles. The predicted molar refractivity (Wildman–Crippen MR) is 142 cm³/mol. The monoisotopic (exact) mass is 516 g/mol. The Labute approximate surface area is 210 Å². The standard InChI is InChI=1S/C29H15F3O2S2/c30-29(31,32)36(33)34-16-11-12-20-25-10-4-9-24(28(25)35-26(20)15-16)19-13-14-23-18-6-2-1-5-17(18)21-7-3-8-22(19)27(21)23/h1-15H. The molecule has 1 unspecified atom stereocenters. The third kappa shape index (κ3) is 3.13. The Kier molecular flexibility index (Phi) is 4.59. The molecule has 176 valence electrons. The van der Waals surface area contributed by atoms with Crippen LogP contribution in [0, 0.1) is 0 Å².